The monoisotopic (exact) mass is 368 g/mol. The maximum Gasteiger partial charge on any atom is 0.265 e. The van der Waals surface area contributed by atoms with E-state index < -0.39 is 11.6 Å². The highest BCUT2D eigenvalue weighted by Crippen LogP contribution is 2.40. The van der Waals surface area contributed by atoms with Crippen LogP contribution in [-0.2, 0) is 10.3 Å². The number of carbonyl (C=O) groups is 2. The highest BCUT2D eigenvalue weighted by molar-refractivity contribution is 6.04. The van der Waals surface area contributed by atoms with Gasteiger partial charge in [0.05, 0.1) is 16.8 Å². The van der Waals surface area contributed by atoms with Gasteiger partial charge in [-0.15, -0.1) is 0 Å². The van der Waals surface area contributed by atoms with Crippen molar-refractivity contribution in [1.29, 1.82) is 0 Å². The lowest BCUT2D eigenvalue weighted by atomic mass is 9.87. The molecule has 2 aromatic carbocycles. The fourth-order valence-electron chi connectivity index (χ4n) is 3.92. The summed E-state index contributed by atoms with van der Waals surface area (Å²) in [5.41, 5.74) is 1.26. The number of rotatable bonds is 3. The van der Waals surface area contributed by atoms with Gasteiger partial charge in [-0.2, -0.15) is 0 Å². The Morgan fingerprint density at radius 3 is 2.59 bits per heavy atom. The van der Waals surface area contributed by atoms with Crippen molar-refractivity contribution in [2.24, 2.45) is 0 Å². The molecular weight excluding hydrogens is 347 g/mol. The predicted molar refractivity (Wildman–Crippen MR) is 99.2 cm³/mol. The van der Waals surface area contributed by atoms with Gasteiger partial charge in [0.15, 0.2) is 11.9 Å². The van der Waals surface area contributed by atoms with Crippen LogP contribution in [0.15, 0.2) is 42.5 Å². The normalized spacial score (nSPS) is 20.4. The first-order chi connectivity index (χ1) is 13.0. The van der Waals surface area contributed by atoms with Crippen molar-refractivity contribution < 1.29 is 18.7 Å². The van der Waals surface area contributed by atoms with Crippen LogP contribution in [0.25, 0.3) is 0 Å². The Hall–Kier alpha value is -2.89. The van der Waals surface area contributed by atoms with E-state index in [4.69, 9.17) is 4.74 Å². The Kier molecular flexibility index (Phi) is 4.34. The summed E-state index contributed by atoms with van der Waals surface area (Å²) >= 11 is 0. The smallest absolute Gasteiger partial charge is 0.265 e. The molecule has 0 aromatic heterocycles. The molecule has 2 aliphatic rings. The second-order valence-electron chi connectivity index (χ2n) is 7.18. The number of halogens is 1. The largest absolute Gasteiger partial charge is 0.478 e. The van der Waals surface area contributed by atoms with Crippen molar-refractivity contribution in [3.8, 4) is 5.75 Å². The van der Waals surface area contributed by atoms with E-state index in [-0.39, 0.29) is 17.6 Å². The van der Waals surface area contributed by atoms with Gasteiger partial charge in [-0.25, -0.2) is 4.39 Å². The van der Waals surface area contributed by atoms with Crippen LogP contribution in [0.2, 0.25) is 0 Å². The molecule has 4 rings (SSSR count). The van der Waals surface area contributed by atoms with E-state index in [2.05, 4.69) is 10.6 Å². The van der Waals surface area contributed by atoms with Crippen LogP contribution in [0.1, 0.15) is 48.5 Å². The molecular formula is C21H21FN2O3. The Bertz CT molecular complexity index is 889. The van der Waals surface area contributed by atoms with Crippen LogP contribution < -0.4 is 15.4 Å². The molecule has 1 saturated carbocycles. The van der Waals surface area contributed by atoms with Gasteiger partial charge in [0, 0.05) is 0 Å². The van der Waals surface area contributed by atoms with E-state index in [9.17, 15) is 14.0 Å². The molecule has 1 unspecified atom stereocenters. The Labute approximate surface area is 156 Å². The van der Waals surface area contributed by atoms with Gasteiger partial charge in [-0.3, -0.25) is 9.59 Å². The van der Waals surface area contributed by atoms with Crippen molar-refractivity contribution in [2.75, 3.05) is 5.32 Å². The molecule has 2 aromatic rings. The molecule has 1 aliphatic carbocycles. The van der Waals surface area contributed by atoms with Crippen molar-refractivity contribution >= 4 is 17.5 Å². The first-order valence-corrected chi connectivity index (χ1v) is 9.18. The van der Waals surface area contributed by atoms with E-state index in [0.717, 1.165) is 31.2 Å². The van der Waals surface area contributed by atoms with E-state index in [0.29, 0.717) is 17.0 Å². The minimum atomic E-state index is -0.663. The number of hydrogen-bond donors (Lipinski definition) is 2. The zero-order valence-electron chi connectivity index (χ0n) is 15.0. The van der Waals surface area contributed by atoms with Gasteiger partial charge in [0.1, 0.15) is 5.82 Å². The molecule has 0 radical (unpaired) electrons. The summed E-state index contributed by atoms with van der Waals surface area (Å²) in [6.45, 7) is 1.64. The molecule has 2 N–H and O–H groups in total. The number of ether oxygens (including phenoxy) is 1. The van der Waals surface area contributed by atoms with Gasteiger partial charge in [-0.1, -0.05) is 31.0 Å². The van der Waals surface area contributed by atoms with Crippen molar-refractivity contribution in [3.05, 3.63) is 59.4 Å². The zero-order valence-corrected chi connectivity index (χ0v) is 15.0. The summed E-state index contributed by atoms with van der Waals surface area (Å²) in [5.74, 6) is -0.414. The number of para-hydroxylation sites is 1. The minimum Gasteiger partial charge on any atom is -0.478 e. The topological polar surface area (TPSA) is 67.4 Å². The number of nitrogens with one attached hydrogen (secondary N) is 2. The molecule has 1 atom stereocenters. The first-order valence-electron chi connectivity index (χ1n) is 9.18. The molecule has 6 heteroatoms. The zero-order chi connectivity index (χ0) is 19.0. The summed E-state index contributed by atoms with van der Waals surface area (Å²) in [6.07, 6.45) is 2.92. The standard InChI is InChI=1S/C21H21FN2O3/c1-13-19(25)23-17-6-4-5-16(18(17)27-13)20(26)24-21(11-2-3-12-21)14-7-9-15(22)10-8-14/h4-10,13H,2-3,11-12H2,1H3,(H,23,25)(H,24,26). The number of benzene rings is 2. The number of anilines is 1. The Morgan fingerprint density at radius 2 is 1.89 bits per heavy atom. The maximum absolute atomic E-state index is 13.3. The molecule has 1 fully saturated rings. The third-order valence-corrected chi connectivity index (χ3v) is 5.39. The molecule has 140 valence electrons. The van der Waals surface area contributed by atoms with Gasteiger partial charge in [0.2, 0.25) is 0 Å². The van der Waals surface area contributed by atoms with Crippen LogP contribution in [0, 0.1) is 5.82 Å². The number of carbonyl (C=O) groups excluding carboxylic acids is 2. The van der Waals surface area contributed by atoms with Crippen LogP contribution in [0.4, 0.5) is 10.1 Å². The molecule has 0 spiro atoms. The van der Waals surface area contributed by atoms with E-state index in [1.165, 1.54) is 12.1 Å². The molecule has 1 aliphatic heterocycles. The van der Waals surface area contributed by atoms with Crippen molar-refractivity contribution in [1.82, 2.24) is 5.32 Å². The Morgan fingerprint density at radius 1 is 1.19 bits per heavy atom. The number of amides is 2. The van der Waals surface area contributed by atoms with Crippen LogP contribution in [-0.4, -0.2) is 17.9 Å². The first kappa shape index (κ1) is 17.5. The highest BCUT2D eigenvalue weighted by atomic mass is 19.1. The van der Waals surface area contributed by atoms with E-state index in [1.54, 1.807) is 37.3 Å². The van der Waals surface area contributed by atoms with Gasteiger partial charge >= 0.3 is 0 Å². The maximum atomic E-state index is 13.3. The minimum absolute atomic E-state index is 0.237. The second-order valence-corrected chi connectivity index (χ2v) is 7.18. The molecule has 27 heavy (non-hydrogen) atoms. The van der Waals surface area contributed by atoms with E-state index in [1.807, 2.05) is 0 Å². The Balaban J connectivity index is 1.66. The molecule has 5 nitrogen and oxygen atoms in total. The molecule has 1 heterocycles. The lowest BCUT2D eigenvalue weighted by Crippen LogP contribution is -2.44. The van der Waals surface area contributed by atoms with Crippen LogP contribution in [0.5, 0.6) is 5.75 Å². The third kappa shape index (κ3) is 3.16. The summed E-state index contributed by atoms with van der Waals surface area (Å²) in [7, 11) is 0. The molecule has 0 saturated heterocycles. The summed E-state index contributed by atoms with van der Waals surface area (Å²) in [5, 5.41) is 5.93. The number of hydrogen-bond acceptors (Lipinski definition) is 3. The summed E-state index contributed by atoms with van der Waals surface area (Å²) in [6, 6.07) is 11.4. The van der Waals surface area contributed by atoms with Gasteiger partial charge in [-0.05, 0) is 49.6 Å². The SMILES string of the molecule is CC1Oc2c(cccc2C(=O)NC2(c3ccc(F)cc3)CCCC2)NC1=O. The van der Waals surface area contributed by atoms with Crippen LogP contribution in [0.3, 0.4) is 0 Å². The lowest BCUT2D eigenvalue weighted by Gasteiger charge is -2.32. The third-order valence-electron chi connectivity index (χ3n) is 5.39. The summed E-state index contributed by atoms with van der Waals surface area (Å²) < 4.78 is 19.0. The fourth-order valence-corrected chi connectivity index (χ4v) is 3.92. The fraction of sp³-hybridized carbons (Fsp3) is 0.333. The van der Waals surface area contributed by atoms with Crippen molar-refractivity contribution in [2.45, 2.75) is 44.2 Å². The quantitative estimate of drug-likeness (QED) is 0.867. The average Bonchev–Trinajstić information content (AvgIpc) is 3.12. The highest BCUT2D eigenvalue weighted by Gasteiger charge is 2.38. The summed E-state index contributed by atoms with van der Waals surface area (Å²) in [4.78, 5) is 24.9. The number of fused-ring (bicyclic) bond motifs is 1. The van der Waals surface area contributed by atoms with Gasteiger partial charge < -0.3 is 15.4 Å². The average molecular weight is 368 g/mol. The lowest BCUT2D eigenvalue weighted by molar-refractivity contribution is -0.122. The van der Waals surface area contributed by atoms with Crippen LogP contribution >= 0.6 is 0 Å². The molecule has 0 bridgehead atoms. The van der Waals surface area contributed by atoms with Gasteiger partial charge in [0.25, 0.3) is 11.8 Å². The predicted octanol–water partition coefficient (Wildman–Crippen LogP) is 3.74. The van der Waals surface area contributed by atoms with E-state index >= 15 is 0 Å². The molecule has 2 amide bonds. The second kappa shape index (κ2) is 6.68. The van der Waals surface area contributed by atoms with Crippen molar-refractivity contribution in [3.63, 3.8) is 0 Å².